The van der Waals surface area contributed by atoms with Gasteiger partial charge in [0.25, 0.3) is 5.91 Å². The van der Waals surface area contributed by atoms with Crippen molar-refractivity contribution in [3.63, 3.8) is 0 Å². The zero-order chi connectivity index (χ0) is 18.5. The number of urea groups is 1. The summed E-state index contributed by atoms with van der Waals surface area (Å²) < 4.78 is 13.5. The van der Waals surface area contributed by atoms with Crippen molar-refractivity contribution >= 4 is 11.9 Å². The van der Waals surface area contributed by atoms with Gasteiger partial charge in [0.1, 0.15) is 5.82 Å². The van der Waals surface area contributed by atoms with E-state index >= 15 is 0 Å². The van der Waals surface area contributed by atoms with Crippen molar-refractivity contribution in [2.75, 3.05) is 19.6 Å². The highest BCUT2D eigenvalue weighted by Crippen LogP contribution is 2.13. The fourth-order valence-electron chi connectivity index (χ4n) is 3.08. The SMILES string of the molecule is Cc1ccc(C(=O)NC[C@H](Cc2cccc(F)c2)N2CCNC2=O)cc1. The Kier molecular flexibility index (Phi) is 5.51. The molecule has 5 nitrogen and oxygen atoms in total. The maximum Gasteiger partial charge on any atom is 0.317 e. The molecule has 1 aliphatic rings. The second kappa shape index (κ2) is 7.99. The van der Waals surface area contributed by atoms with Gasteiger partial charge in [0, 0.05) is 25.2 Å². The molecule has 1 fully saturated rings. The number of carbonyl (C=O) groups excluding carboxylic acids is 2. The molecule has 0 unspecified atom stereocenters. The summed E-state index contributed by atoms with van der Waals surface area (Å²) in [7, 11) is 0. The first-order valence-corrected chi connectivity index (χ1v) is 8.67. The third kappa shape index (κ3) is 4.39. The van der Waals surface area contributed by atoms with Crippen LogP contribution in [0.15, 0.2) is 48.5 Å². The molecular formula is C20H22FN3O2. The maximum atomic E-state index is 13.5. The van der Waals surface area contributed by atoms with Crippen LogP contribution in [0.2, 0.25) is 0 Å². The van der Waals surface area contributed by atoms with Crippen molar-refractivity contribution in [1.29, 1.82) is 0 Å². The molecule has 3 amide bonds. The zero-order valence-corrected chi connectivity index (χ0v) is 14.7. The van der Waals surface area contributed by atoms with Gasteiger partial charge in [0.15, 0.2) is 0 Å². The first-order valence-electron chi connectivity index (χ1n) is 8.67. The monoisotopic (exact) mass is 355 g/mol. The number of hydrogen-bond acceptors (Lipinski definition) is 2. The molecule has 6 heteroatoms. The standard InChI is InChI=1S/C20H22FN3O2/c1-14-5-7-16(8-6-14)19(25)23-13-18(24-10-9-22-20(24)26)12-15-3-2-4-17(21)11-15/h2-8,11,18H,9-10,12-13H2,1H3,(H,22,26)(H,23,25)/t18-/m0/s1. The van der Waals surface area contributed by atoms with Crippen molar-refractivity contribution in [2.45, 2.75) is 19.4 Å². The van der Waals surface area contributed by atoms with Crippen molar-refractivity contribution in [3.05, 3.63) is 71.0 Å². The first kappa shape index (κ1) is 17.9. The molecule has 3 rings (SSSR count). The molecule has 0 saturated carbocycles. The lowest BCUT2D eigenvalue weighted by Crippen LogP contribution is -2.46. The molecule has 0 aliphatic carbocycles. The van der Waals surface area contributed by atoms with Crippen molar-refractivity contribution < 1.29 is 14.0 Å². The minimum Gasteiger partial charge on any atom is -0.350 e. The molecule has 2 aromatic carbocycles. The summed E-state index contributed by atoms with van der Waals surface area (Å²) in [6.45, 7) is 3.41. The Balaban J connectivity index is 1.70. The van der Waals surface area contributed by atoms with E-state index in [2.05, 4.69) is 10.6 Å². The van der Waals surface area contributed by atoms with E-state index < -0.39 is 0 Å². The third-order valence-corrected chi connectivity index (χ3v) is 4.50. The summed E-state index contributed by atoms with van der Waals surface area (Å²) in [5.74, 6) is -0.496. The average Bonchev–Trinajstić information content (AvgIpc) is 3.05. The average molecular weight is 355 g/mol. The Morgan fingerprint density at radius 1 is 1.27 bits per heavy atom. The van der Waals surface area contributed by atoms with Crippen LogP contribution in [0.1, 0.15) is 21.5 Å². The van der Waals surface area contributed by atoms with Crippen LogP contribution in [0.5, 0.6) is 0 Å². The van der Waals surface area contributed by atoms with E-state index in [1.54, 1.807) is 23.1 Å². The molecule has 0 bridgehead atoms. The van der Waals surface area contributed by atoms with Gasteiger partial charge in [-0.15, -0.1) is 0 Å². The van der Waals surface area contributed by atoms with Crippen LogP contribution in [-0.2, 0) is 6.42 Å². The fourth-order valence-corrected chi connectivity index (χ4v) is 3.08. The number of halogens is 1. The van der Waals surface area contributed by atoms with E-state index in [4.69, 9.17) is 0 Å². The minimum atomic E-state index is -0.309. The summed E-state index contributed by atoms with van der Waals surface area (Å²) in [4.78, 5) is 26.1. The van der Waals surface area contributed by atoms with Crippen LogP contribution in [0.25, 0.3) is 0 Å². The van der Waals surface area contributed by atoms with Crippen molar-refractivity contribution in [3.8, 4) is 0 Å². The summed E-state index contributed by atoms with van der Waals surface area (Å²) in [5.41, 5.74) is 2.45. The smallest absolute Gasteiger partial charge is 0.317 e. The van der Waals surface area contributed by atoms with E-state index in [0.29, 0.717) is 31.6 Å². The highest BCUT2D eigenvalue weighted by molar-refractivity contribution is 5.94. The Bertz CT molecular complexity index is 792. The second-order valence-corrected chi connectivity index (χ2v) is 6.49. The van der Waals surface area contributed by atoms with Crippen LogP contribution < -0.4 is 10.6 Å². The normalized spacial score (nSPS) is 14.8. The number of rotatable bonds is 6. The molecule has 136 valence electrons. The number of carbonyl (C=O) groups is 2. The molecule has 0 radical (unpaired) electrons. The van der Waals surface area contributed by atoms with E-state index in [-0.39, 0.29) is 23.8 Å². The summed E-state index contributed by atoms with van der Waals surface area (Å²) >= 11 is 0. The fraction of sp³-hybridized carbons (Fsp3) is 0.300. The van der Waals surface area contributed by atoms with Gasteiger partial charge >= 0.3 is 6.03 Å². The van der Waals surface area contributed by atoms with Crippen LogP contribution >= 0.6 is 0 Å². The Morgan fingerprint density at radius 3 is 2.69 bits per heavy atom. The van der Waals surface area contributed by atoms with Crippen LogP contribution in [0.3, 0.4) is 0 Å². The van der Waals surface area contributed by atoms with Crippen LogP contribution in [-0.4, -0.2) is 42.5 Å². The zero-order valence-electron chi connectivity index (χ0n) is 14.7. The molecule has 1 heterocycles. The Labute approximate surface area is 152 Å². The number of hydrogen-bond donors (Lipinski definition) is 2. The lowest BCUT2D eigenvalue weighted by atomic mass is 10.0. The molecule has 26 heavy (non-hydrogen) atoms. The topological polar surface area (TPSA) is 61.4 Å². The van der Waals surface area contributed by atoms with Gasteiger partial charge in [0.2, 0.25) is 0 Å². The van der Waals surface area contributed by atoms with Crippen molar-refractivity contribution in [1.82, 2.24) is 15.5 Å². The van der Waals surface area contributed by atoms with E-state index in [1.807, 2.05) is 25.1 Å². The van der Waals surface area contributed by atoms with Gasteiger partial charge < -0.3 is 15.5 Å². The van der Waals surface area contributed by atoms with Gasteiger partial charge in [-0.05, 0) is 43.2 Å². The summed E-state index contributed by atoms with van der Waals surface area (Å²) in [5, 5.41) is 5.67. The lowest BCUT2D eigenvalue weighted by molar-refractivity contribution is 0.0940. The van der Waals surface area contributed by atoms with Gasteiger partial charge in [-0.3, -0.25) is 4.79 Å². The number of nitrogens with zero attached hydrogens (tertiary/aromatic N) is 1. The van der Waals surface area contributed by atoms with E-state index in [1.165, 1.54) is 12.1 Å². The van der Waals surface area contributed by atoms with Gasteiger partial charge in [0.05, 0.1) is 6.04 Å². The van der Waals surface area contributed by atoms with Crippen LogP contribution in [0.4, 0.5) is 9.18 Å². The van der Waals surface area contributed by atoms with Crippen molar-refractivity contribution in [2.24, 2.45) is 0 Å². The predicted octanol–water partition coefficient (Wildman–Crippen LogP) is 2.50. The number of amides is 3. The van der Waals surface area contributed by atoms with E-state index in [0.717, 1.165) is 11.1 Å². The summed E-state index contributed by atoms with van der Waals surface area (Å²) in [6, 6.07) is 13.2. The first-order chi connectivity index (χ1) is 12.5. The second-order valence-electron chi connectivity index (χ2n) is 6.49. The molecule has 0 spiro atoms. The molecule has 2 aromatic rings. The minimum absolute atomic E-state index is 0.156. The number of benzene rings is 2. The quantitative estimate of drug-likeness (QED) is 0.836. The predicted molar refractivity (Wildman–Crippen MR) is 97.5 cm³/mol. The maximum absolute atomic E-state index is 13.5. The van der Waals surface area contributed by atoms with Gasteiger partial charge in [-0.25, -0.2) is 9.18 Å². The Hall–Kier alpha value is -2.89. The molecule has 1 saturated heterocycles. The number of nitrogens with one attached hydrogen (secondary N) is 2. The van der Waals surface area contributed by atoms with Crippen LogP contribution in [0, 0.1) is 12.7 Å². The lowest BCUT2D eigenvalue weighted by Gasteiger charge is -2.27. The third-order valence-electron chi connectivity index (χ3n) is 4.50. The number of aryl methyl sites for hydroxylation is 1. The highest BCUT2D eigenvalue weighted by atomic mass is 19.1. The molecular weight excluding hydrogens is 333 g/mol. The van der Waals surface area contributed by atoms with E-state index in [9.17, 15) is 14.0 Å². The summed E-state index contributed by atoms with van der Waals surface area (Å²) in [6.07, 6.45) is 0.472. The molecule has 0 aromatic heterocycles. The largest absolute Gasteiger partial charge is 0.350 e. The molecule has 1 atom stereocenters. The highest BCUT2D eigenvalue weighted by Gasteiger charge is 2.28. The van der Waals surface area contributed by atoms with Gasteiger partial charge in [-0.2, -0.15) is 0 Å². The Morgan fingerprint density at radius 2 is 2.04 bits per heavy atom. The van der Waals surface area contributed by atoms with Gasteiger partial charge in [-0.1, -0.05) is 29.8 Å². The molecule has 2 N–H and O–H groups in total. The molecule has 1 aliphatic heterocycles.